The Hall–Kier alpha value is -2.53. The van der Waals surface area contributed by atoms with Crippen LogP contribution in [0, 0.1) is 0 Å². The SMILES string of the molecule is COc1ccc(Cl)cc1-n1cncc1-c1cnccc1N. The van der Waals surface area contributed by atoms with Gasteiger partial charge in [0.05, 0.1) is 31.0 Å². The number of nitrogens with two attached hydrogens (primary N) is 1. The van der Waals surface area contributed by atoms with Crippen LogP contribution >= 0.6 is 11.6 Å². The van der Waals surface area contributed by atoms with Gasteiger partial charge in [0.15, 0.2) is 0 Å². The van der Waals surface area contributed by atoms with Crippen LogP contribution in [-0.2, 0) is 0 Å². The number of rotatable bonds is 3. The number of ether oxygens (including phenoxy) is 1. The van der Waals surface area contributed by atoms with Crippen molar-refractivity contribution in [3.8, 4) is 22.7 Å². The summed E-state index contributed by atoms with van der Waals surface area (Å²) in [5.74, 6) is 0.695. The van der Waals surface area contributed by atoms with E-state index in [-0.39, 0.29) is 0 Å². The van der Waals surface area contributed by atoms with Crippen molar-refractivity contribution in [2.75, 3.05) is 12.8 Å². The molecule has 0 fully saturated rings. The lowest BCUT2D eigenvalue weighted by molar-refractivity contribution is 0.413. The third-order valence-corrected chi connectivity index (χ3v) is 3.40. The maximum absolute atomic E-state index is 6.09. The van der Waals surface area contributed by atoms with Gasteiger partial charge in [-0.25, -0.2) is 4.98 Å². The summed E-state index contributed by atoms with van der Waals surface area (Å²) in [6, 6.07) is 7.16. The molecule has 2 heterocycles. The highest BCUT2D eigenvalue weighted by molar-refractivity contribution is 6.30. The van der Waals surface area contributed by atoms with Crippen molar-refractivity contribution < 1.29 is 4.74 Å². The van der Waals surface area contributed by atoms with Crippen LogP contribution in [0.2, 0.25) is 5.02 Å². The number of pyridine rings is 1. The maximum atomic E-state index is 6.09. The summed E-state index contributed by atoms with van der Waals surface area (Å²) >= 11 is 6.09. The lowest BCUT2D eigenvalue weighted by Gasteiger charge is -2.13. The first-order valence-electron chi connectivity index (χ1n) is 6.27. The largest absolute Gasteiger partial charge is 0.495 e. The number of methoxy groups -OCH3 is 1. The highest BCUT2D eigenvalue weighted by Crippen LogP contribution is 2.32. The summed E-state index contributed by atoms with van der Waals surface area (Å²) < 4.78 is 7.26. The fourth-order valence-electron chi connectivity index (χ4n) is 2.16. The molecule has 6 heteroatoms. The molecule has 1 aromatic carbocycles. The Labute approximate surface area is 127 Å². The van der Waals surface area contributed by atoms with Gasteiger partial charge < -0.3 is 10.5 Å². The number of nitrogen functional groups attached to an aromatic ring is 1. The van der Waals surface area contributed by atoms with Crippen molar-refractivity contribution >= 4 is 17.3 Å². The first-order valence-corrected chi connectivity index (χ1v) is 6.64. The summed E-state index contributed by atoms with van der Waals surface area (Å²) in [6.07, 6.45) is 6.78. The van der Waals surface area contributed by atoms with Crippen molar-refractivity contribution in [2.45, 2.75) is 0 Å². The summed E-state index contributed by atoms with van der Waals surface area (Å²) in [5, 5.41) is 0.615. The van der Waals surface area contributed by atoms with Gasteiger partial charge in [0.2, 0.25) is 0 Å². The number of hydrogen-bond donors (Lipinski definition) is 1. The highest BCUT2D eigenvalue weighted by Gasteiger charge is 2.13. The quantitative estimate of drug-likeness (QED) is 0.807. The molecule has 0 amide bonds. The van der Waals surface area contributed by atoms with Gasteiger partial charge >= 0.3 is 0 Å². The molecule has 2 N–H and O–H groups in total. The topological polar surface area (TPSA) is 66.0 Å². The van der Waals surface area contributed by atoms with E-state index in [0.29, 0.717) is 16.5 Å². The monoisotopic (exact) mass is 300 g/mol. The maximum Gasteiger partial charge on any atom is 0.143 e. The molecule has 0 radical (unpaired) electrons. The van der Waals surface area contributed by atoms with Crippen LogP contribution in [0.4, 0.5) is 5.69 Å². The van der Waals surface area contributed by atoms with Gasteiger partial charge in [-0.3, -0.25) is 9.55 Å². The minimum atomic E-state index is 0.615. The van der Waals surface area contributed by atoms with Crippen molar-refractivity contribution in [3.63, 3.8) is 0 Å². The van der Waals surface area contributed by atoms with Crippen LogP contribution in [0.25, 0.3) is 16.9 Å². The second-order valence-corrected chi connectivity index (χ2v) is 4.86. The Morgan fingerprint density at radius 1 is 1.19 bits per heavy atom. The van der Waals surface area contributed by atoms with Crippen LogP contribution < -0.4 is 10.5 Å². The van der Waals surface area contributed by atoms with Crippen LogP contribution in [0.5, 0.6) is 5.75 Å². The van der Waals surface area contributed by atoms with Crippen LogP contribution in [0.15, 0.2) is 49.2 Å². The van der Waals surface area contributed by atoms with Gasteiger partial charge in [0, 0.05) is 28.7 Å². The van der Waals surface area contributed by atoms with Crippen molar-refractivity contribution in [3.05, 3.63) is 54.2 Å². The van der Waals surface area contributed by atoms with Gasteiger partial charge in [-0.2, -0.15) is 0 Å². The standard InChI is InChI=1S/C15H13ClN4O/c1-21-15-3-2-10(16)6-13(15)20-9-19-8-14(20)11-7-18-5-4-12(11)17/h2-9H,1H3,(H2,17,18). The van der Waals surface area contributed by atoms with E-state index in [1.54, 1.807) is 44.2 Å². The minimum absolute atomic E-state index is 0.615. The van der Waals surface area contributed by atoms with E-state index < -0.39 is 0 Å². The zero-order valence-electron chi connectivity index (χ0n) is 11.3. The molecule has 0 aliphatic rings. The zero-order valence-corrected chi connectivity index (χ0v) is 12.1. The molecule has 0 atom stereocenters. The van der Waals surface area contributed by atoms with E-state index in [1.807, 2.05) is 16.7 Å². The second kappa shape index (κ2) is 5.46. The summed E-state index contributed by atoms with van der Waals surface area (Å²) in [7, 11) is 1.61. The third kappa shape index (κ3) is 2.43. The molecule has 21 heavy (non-hydrogen) atoms. The van der Waals surface area contributed by atoms with Crippen LogP contribution in [0.1, 0.15) is 0 Å². The van der Waals surface area contributed by atoms with E-state index in [4.69, 9.17) is 22.1 Å². The van der Waals surface area contributed by atoms with Gasteiger partial charge in [0.1, 0.15) is 5.75 Å². The number of hydrogen-bond acceptors (Lipinski definition) is 4. The summed E-state index contributed by atoms with van der Waals surface area (Å²) in [5.41, 5.74) is 9.07. The fraction of sp³-hybridized carbons (Fsp3) is 0.0667. The van der Waals surface area contributed by atoms with Crippen LogP contribution in [-0.4, -0.2) is 21.6 Å². The average Bonchev–Trinajstić information content (AvgIpc) is 2.96. The lowest BCUT2D eigenvalue weighted by Crippen LogP contribution is -2.00. The highest BCUT2D eigenvalue weighted by atomic mass is 35.5. The molecule has 0 saturated heterocycles. The van der Waals surface area contributed by atoms with Crippen LogP contribution in [0.3, 0.4) is 0 Å². The van der Waals surface area contributed by atoms with E-state index >= 15 is 0 Å². The molecule has 3 rings (SSSR count). The Morgan fingerprint density at radius 3 is 2.81 bits per heavy atom. The van der Waals surface area contributed by atoms with Crippen molar-refractivity contribution in [1.29, 1.82) is 0 Å². The molecular weight excluding hydrogens is 288 g/mol. The molecule has 5 nitrogen and oxygen atoms in total. The van der Waals surface area contributed by atoms with Gasteiger partial charge in [-0.1, -0.05) is 11.6 Å². The predicted octanol–water partition coefficient (Wildman–Crippen LogP) is 3.18. The Morgan fingerprint density at radius 2 is 2.05 bits per heavy atom. The number of anilines is 1. The Kier molecular flexibility index (Phi) is 3.50. The smallest absolute Gasteiger partial charge is 0.143 e. The number of imidazole rings is 1. The van der Waals surface area contributed by atoms with E-state index in [0.717, 1.165) is 16.9 Å². The average molecular weight is 301 g/mol. The molecule has 0 unspecified atom stereocenters. The van der Waals surface area contributed by atoms with Gasteiger partial charge in [-0.05, 0) is 24.3 Å². The molecule has 0 bridgehead atoms. The summed E-state index contributed by atoms with van der Waals surface area (Å²) in [4.78, 5) is 8.32. The lowest BCUT2D eigenvalue weighted by atomic mass is 10.1. The molecule has 0 saturated carbocycles. The molecular formula is C15H13ClN4O. The van der Waals surface area contributed by atoms with Crippen molar-refractivity contribution in [1.82, 2.24) is 14.5 Å². The van der Waals surface area contributed by atoms with E-state index in [2.05, 4.69) is 9.97 Å². The molecule has 0 aliphatic carbocycles. The number of aromatic nitrogens is 3. The van der Waals surface area contributed by atoms with E-state index in [9.17, 15) is 0 Å². The summed E-state index contributed by atoms with van der Waals surface area (Å²) in [6.45, 7) is 0. The van der Waals surface area contributed by atoms with E-state index in [1.165, 1.54) is 0 Å². The fourth-order valence-corrected chi connectivity index (χ4v) is 2.32. The number of benzene rings is 1. The molecule has 0 aliphatic heterocycles. The Balaban J connectivity index is 2.21. The van der Waals surface area contributed by atoms with Gasteiger partial charge in [-0.15, -0.1) is 0 Å². The van der Waals surface area contributed by atoms with Gasteiger partial charge in [0.25, 0.3) is 0 Å². The minimum Gasteiger partial charge on any atom is -0.495 e. The predicted molar refractivity (Wildman–Crippen MR) is 82.8 cm³/mol. The Bertz CT molecular complexity index is 785. The molecule has 0 spiro atoms. The normalized spacial score (nSPS) is 10.6. The molecule has 106 valence electrons. The zero-order chi connectivity index (χ0) is 14.8. The third-order valence-electron chi connectivity index (χ3n) is 3.17. The first kappa shape index (κ1) is 13.5. The molecule has 3 aromatic rings. The molecule has 2 aromatic heterocycles. The first-order chi connectivity index (χ1) is 10.2. The van der Waals surface area contributed by atoms with Crippen molar-refractivity contribution in [2.24, 2.45) is 0 Å². The number of nitrogens with zero attached hydrogens (tertiary/aromatic N) is 3. The second-order valence-electron chi connectivity index (χ2n) is 4.43. The number of halogens is 1.